The summed E-state index contributed by atoms with van der Waals surface area (Å²) in [7, 11) is 0. The minimum atomic E-state index is -0.238. The second-order valence-corrected chi connectivity index (χ2v) is 6.04. The molecule has 1 amide bonds. The van der Waals surface area contributed by atoms with Gasteiger partial charge in [-0.15, -0.1) is 0 Å². The van der Waals surface area contributed by atoms with E-state index in [-0.39, 0.29) is 17.6 Å². The Balaban J connectivity index is 1.73. The van der Waals surface area contributed by atoms with Gasteiger partial charge < -0.3 is 5.32 Å². The van der Waals surface area contributed by atoms with E-state index in [1.165, 1.54) is 25.3 Å². The number of benzene rings is 1. The maximum atomic E-state index is 13.4. The second kappa shape index (κ2) is 3.56. The van der Waals surface area contributed by atoms with Crippen LogP contribution in [0.3, 0.4) is 0 Å². The quantitative estimate of drug-likeness (QED) is 0.808. The Labute approximate surface area is 106 Å². The second-order valence-electron chi connectivity index (χ2n) is 6.04. The number of rotatable bonds is 1. The van der Waals surface area contributed by atoms with E-state index in [0.717, 1.165) is 23.6 Å². The van der Waals surface area contributed by atoms with E-state index in [0.29, 0.717) is 11.8 Å². The van der Waals surface area contributed by atoms with Crippen LogP contribution in [0.2, 0.25) is 0 Å². The molecule has 2 bridgehead atoms. The summed E-state index contributed by atoms with van der Waals surface area (Å²) < 4.78 is 13.4. The standard InChI is InChI=1S/C15H16FNO/c16-10-3-4-13-12(7-10)14(15(18)17-13)11-6-8-1-2-9(11)5-8/h3-4,7-9,11,14H,1-2,5-6H2,(H,17,18). The van der Waals surface area contributed by atoms with Crippen LogP contribution < -0.4 is 5.32 Å². The van der Waals surface area contributed by atoms with Crippen LogP contribution >= 0.6 is 0 Å². The molecule has 1 N–H and O–H groups in total. The van der Waals surface area contributed by atoms with Crippen molar-refractivity contribution < 1.29 is 9.18 Å². The van der Waals surface area contributed by atoms with E-state index in [1.54, 1.807) is 12.1 Å². The number of amides is 1. The van der Waals surface area contributed by atoms with Crippen LogP contribution in [0.5, 0.6) is 0 Å². The number of halogens is 1. The Kier molecular flexibility index (Phi) is 2.08. The number of nitrogens with one attached hydrogen (secondary N) is 1. The molecule has 1 aromatic carbocycles. The average Bonchev–Trinajstić information content (AvgIpc) is 3.01. The maximum absolute atomic E-state index is 13.4. The van der Waals surface area contributed by atoms with Crippen LogP contribution in [0, 0.1) is 23.6 Å². The molecule has 1 heterocycles. The van der Waals surface area contributed by atoms with E-state index < -0.39 is 0 Å². The van der Waals surface area contributed by atoms with Crippen LogP contribution in [-0.2, 0) is 4.79 Å². The molecule has 94 valence electrons. The van der Waals surface area contributed by atoms with Gasteiger partial charge >= 0.3 is 0 Å². The molecule has 2 nitrogen and oxygen atoms in total. The minimum Gasteiger partial charge on any atom is -0.325 e. The number of hydrogen-bond acceptors (Lipinski definition) is 1. The van der Waals surface area contributed by atoms with Crippen molar-refractivity contribution in [3.8, 4) is 0 Å². The highest BCUT2D eigenvalue weighted by Gasteiger charge is 2.48. The predicted molar refractivity (Wildman–Crippen MR) is 66.7 cm³/mol. The molecule has 2 saturated carbocycles. The summed E-state index contributed by atoms with van der Waals surface area (Å²) in [6.45, 7) is 0. The highest BCUT2D eigenvalue weighted by atomic mass is 19.1. The van der Waals surface area contributed by atoms with E-state index in [4.69, 9.17) is 0 Å². The van der Waals surface area contributed by atoms with Crippen molar-refractivity contribution in [2.45, 2.75) is 31.6 Å². The van der Waals surface area contributed by atoms with Crippen molar-refractivity contribution in [1.29, 1.82) is 0 Å². The summed E-state index contributed by atoms with van der Waals surface area (Å²) in [6, 6.07) is 4.65. The topological polar surface area (TPSA) is 29.1 Å². The van der Waals surface area contributed by atoms with E-state index in [9.17, 15) is 9.18 Å². The monoisotopic (exact) mass is 245 g/mol. The number of carbonyl (C=O) groups is 1. The molecule has 4 unspecified atom stereocenters. The van der Waals surface area contributed by atoms with Gasteiger partial charge in [0.05, 0.1) is 5.92 Å². The van der Waals surface area contributed by atoms with Crippen LogP contribution in [0.25, 0.3) is 0 Å². The first kappa shape index (κ1) is 10.5. The molecule has 3 aliphatic rings. The fourth-order valence-electron chi connectivity index (χ4n) is 4.38. The first-order valence-corrected chi connectivity index (χ1v) is 6.82. The van der Waals surface area contributed by atoms with Gasteiger partial charge in [0.25, 0.3) is 0 Å². The summed E-state index contributed by atoms with van der Waals surface area (Å²) in [6.07, 6.45) is 5.01. The fourth-order valence-corrected chi connectivity index (χ4v) is 4.38. The van der Waals surface area contributed by atoms with Crippen LogP contribution in [0.4, 0.5) is 10.1 Å². The van der Waals surface area contributed by atoms with Crippen molar-refractivity contribution >= 4 is 11.6 Å². The first-order chi connectivity index (χ1) is 8.72. The van der Waals surface area contributed by atoms with Crippen molar-refractivity contribution in [1.82, 2.24) is 0 Å². The summed E-state index contributed by atoms with van der Waals surface area (Å²) in [4.78, 5) is 12.2. The third-order valence-electron chi connectivity index (χ3n) is 5.11. The molecule has 4 atom stereocenters. The zero-order valence-corrected chi connectivity index (χ0v) is 10.2. The molecule has 0 spiro atoms. The van der Waals surface area contributed by atoms with Gasteiger partial charge in [0, 0.05) is 5.69 Å². The number of anilines is 1. The molecule has 3 heteroatoms. The van der Waals surface area contributed by atoms with Gasteiger partial charge in [-0.1, -0.05) is 6.42 Å². The number of hydrogen-bond donors (Lipinski definition) is 1. The van der Waals surface area contributed by atoms with Crippen LogP contribution in [0.15, 0.2) is 18.2 Å². The van der Waals surface area contributed by atoms with Gasteiger partial charge in [0.1, 0.15) is 5.82 Å². The van der Waals surface area contributed by atoms with Crippen molar-refractivity contribution in [2.24, 2.45) is 17.8 Å². The van der Waals surface area contributed by atoms with Gasteiger partial charge in [0.15, 0.2) is 0 Å². The van der Waals surface area contributed by atoms with Gasteiger partial charge in [-0.3, -0.25) is 4.79 Å². The van der Waals surface area contributed by atoms with E-state index in [2.05, 4.69) is 5.32 Å². The van der Waals surface area contributed by atoms with Crippen molar-refractivity contribution in [3.05, 3.63) is 29.6 Å². The Morgan fingerprint density at radius 3 is 2.83 bits per heavy atom. The lowest BCUT2D eigenvalue weighted by atomic mass is 9.77. The minimum absolute atomic E-state index is 0.0770. The Morgan fingerprint density at radius 1 is 1.22 bits per heavy atom. The lowest BCUT2D eigenvalue weighted by Crippen LogP contribution is -2.25. The molecule has 2 fully saturated rings. The summed E-state index contributed by atoms with van der Waals surface area (Å²) in [5.41, 5.74) is 1.70. The Bertz CT molecular complexity index is 527. The van der Waals surface area contributed by atoms with Crippen LogP contribution in [-0.4, -0.2) is 5.91 Å². The highest BCUT2D eigenvalue weighted by molar-refractivity contribution is 6.03. The zero-order chi connectivity index (χ0) is 12.3. The van der Waals surface area contributed by atoms with E-state index in [1.807, 2.05) is 0 Å². The largest absolute Gasteiger partial charge is 0.325 e. The summed E-state index contributed by atoms with van der Waals surface area (Å²) >= 11 is 0. The van der Waals surface area contributed by atoms with Gasteiger partial charge in [-0.25, -0.2) is 4.39 Å². The molecule has 2 aliphatic carbocycles. The maximum Gasteiger partial charge on any atom is 0.232 e. The fraction of sp³-hybridized carbons (Fsp3) is 0.533. The molecular formula is C15H16FNO. The third kappa shape index (κ3) is 1.36. The first-order valence-electron chi connectivity index (χ1n) is 6.82. The van der Waals surface area contributed by atoms with Gasteiger partial charge in [-0.2, -0.15) is 0 Å². The van der Waals surface area contributed by atoms with Crippen molar-refractivity contribution in [3.63, 3.8) is 0 Å². The SMILES string of the molecule is O=C1Nc2ccc(F)cc2C1C1CC2CCC1C2. The van der Waals surface area contributed by atoms with Gasteiger partial charge in [-0.05, 0) is 60.8 Å². The molecular weight excluding hydrogens is 229 g/mol. The van der Waals surface area contributed by atoms with Crippen molar-refractivity contribution in [2.75, 3.05) is 5.32 Å². The van der Waals surface area contributed by atoms with Gasteiger partial charge in [0.2, 0.25) is 5.91 Å². The zero-order valence-electron chi connectivity index (χ0n) is 10.2. The molecule has 1 aliphatic heterocycles. The number of fused-ring (bicyclic) bond motifs is 3. The third-order valence-corrected chi connectivity index (χ3v) is 5.11. The molecule has 4 rings (SSSR count). The average molecular weight is 245 g/mol. The Hall–Kier alpha value is -1.38. The molecule has 0 aromatic heterocycles. The van der Waals surface area contributed by atoms with Crippen LogP contribution in [0.1, 0.15) is 37.2 Å². The Morgan fingerprint density at radius 2 is 2.11 bits per heavy atom. The summed E-state index contributed by atoms with van der Waals surface area (Å²) in [5, 5.41) is 2.91. The summed E-state index contributed by atoms with van der Waals surface area (Å²) in [5.74, 6) is 1.66. The predicted octanol–water partition coefficient (Wildman–Crippen LogP) is 3.30. The molecule has 1 aromatic rings. The smallest absolute Gasteiger partial charge is 0.232 e. The molecule has 0 saturated heterocycles. The lowest BCUT2D eigenvalue weighted by Gasteiger charge is -2.26. The normalized spacial score (nSPS) is 36.8. The number of carbonyl (C=O) groups excluding carboxylic acids is 1. The highest BCUT2D eigenvalue weighted by Crippen LogP contribution is 2.55. The lowest BCUT2D eigenvalue weighted by molar-refractivity contribution is -0.118. The molecule has 18 heavy (non-hydrogen) atoms. The van der Waals surface area contributed by atoms with E-state index >= 15 is 0 Å². The molecule has 0 radical (unpaired) electrons.